The molecule has 0 saturated carbocycles. The fraction of sp³-hybridized carbons (Fsp3) is 0.562. The van der Waals surface area contributed by atoms with Crippen LogP contribution >= 0.6 is 0 Å². The maximum absolute atomic E-state index is 12.9. The highest BCUT2D eigenvalue weighted by Gasteiger charge is 2.58. The molecule has 0 unspecified atom stereocenters. The summed E-state index contributed by atoms with van der Waals surface area (Å²) >= 11 is 0. The van der Waals surface area contributed by atoms with Crippen molar-refractivity contribution in [2.24, 2.45) is 0 Å². The zero-order valence-electron chi connectivity index (χ0n) is 14.9. The monoisotopic (exact) mass is 397 g/mol. The van der Waals surface area contributed by atoms with Crippen LogP contribution in [0.2, 0.25) is 0 Å². The van der Waals surface area contributed by atoms with Gasteiger partial charge in [-0.2, -0.15) is 22.0 Å². The van der Waals surface area contributed by atoms with Crippen molar-refractivity contribution in [3.63, 3.8) is 0 Å². The van der Waals surface area contributed by atoms with Crippen molar-refractivity contribution in [2.75, 3.05) is 13.7 Å². The van der Waals surface area contributed by atoms with Gasteiger partial charge in [0.15, 0.2) is 6.61 Å². The molecule has 2 N–H and O–H groups in total. The van der Waals surface area contributed by atoms with Crippen molar-refractivity contribution in [1.29, 1.82) is 0 Å². The highest BCUT2D eigenvalue weighted by atomic mass is 19.4. The Balaban J connectivity index is 2.95. The van der Waals surface area contributed by atoms with E-state index >= 15 is 0 Å². The number of carbonyl (C=O) groups excluding carboxylic acids is 2. The average Bonchev–Trinajstić information content (AvgIpc) is 2.63. The first-order valence-corrected chi connectivity index (χ1v) is 8.01. The van der Waals surface area contributed by atoms with Crippen LogP contribution < -0.4 is 15.4 Å². The molecule has 0 aromatic carbocycles. The van der Waals surface area contributed by atoms with Gasteiger partial charge < -0.3 is 15.4 Å². The maximum atomic E-state index is 12.9. The molecular formula is C16H20F5N3O3. The molecular weight excluding hydrogens is 377 g/mol. The molecule has 152 valence electrons. The van der Waals surface area contributed by atoms with Gasteiger partial charge >= 0.3 is 12.1 Å². The summed E-state index contributed by atoms with van der Waals surface area (Å²) in [5.41, 5.74) is -1.51. The fourth-order valence-corrected chi connectivity index (χ4v) is 2.19. The van der Waals surface area contributed by atoms with Gasteiger partial charge in [0.25, 0.3) is 5.91 Å². The van der Waals surface area contributed by atoms with Gasteiger partial charge in [-0.1, -0.05) is 19.9 Å². The van der Waals surface area contributed by atoms with Gasteiger partial charge in [0.1, 0.15) is 11.2 Å². The standard InChI is InChI=1S/C16H20F5N3O3/c1-4-14(5-2,13(26)22-3)24-12(25)10-7-6-8-11(23-10)27-9-15(17,18)16(19,20)21/h6-8H,4-5,9H2,1-3H3,(H,22,26)(H,24,25). The van der Waals surface area contributed by atoms with E-state index in [1.165, 1.54) is 19.2 Å². The van der Waals surface area contributed by atoms with Crippen LogP contribution in [0.4, 0.5) is 22.0 Å². The number of alkyl halides is 5. The molecule has 0 aliphatic heterocycles. The van der Waals surface area contributed by atoms with Crippen LogP contribution in [0.3, 0.4) is 0 Å². The second kappa shape index (κ2) is 8.49. The van der Waals surface area contributed by atoms with Gasteiger partial charge in [0, 0.05) is 13.1 Å². The summed E-state index contributed by atoms with van der Waals surface area (Å²) < 4.78 is 66.7. The van der Waals surface area contributed by atoms with E-state index in [-0.39, 0.29) is 18.5 Å². The normalized spacial score (nSPS) is 12.4. The van der Waals surface area contributed by atoms with E-state index in [9.17, 15) is 31.5 Å². The molecule has 0 spiro atoms. The van der Waals surface area contributed by atoms with E-state index in [4.69, 9.17) is 0 Å². The number of hydrogen-bond donors (Lipinski definition) is 2. The van der Waals surface area contributed by atoms with E-state index in [1.54, 1.807) is 13.8 Å². The van der Waals surface area contributed by atoms with Crippen LogP contribution in [-0.2, 0) is 4.79 Å². The minimum atomic E-state index is -5.77. The molecule has 0 radical (unpaired) electrons. The maximum Gasteiger partial charge on any atom is 0.456 e. The van der Waals surface area contributed by atoms with Gasteiger partial charge in [-0.15, -0.1) is 0 Å². The minimum Gasteiger partial charge on any atom is -0.471 e. The van der Waals surface area contributed by atoms with Gasteiger partial charge in [0.05, 0.1) is 0 Å². The molecule has 1 heterocycles. The smallest absolute Gasteiger partial charge is 0.456 e. The summed E-state index contributed by atoms with van der Waals surface area (Å²) in [6, 6.07) is 3.46. The Morgan fingerprint density at radius 2 is 1.70 bits per heavy atom. The molecule has 0 aliphatic carbocycles. The molecule has 0 atom stereocenters. The Kier molecular flexibility index (Phi) is 7.10. The Morgan fingerprint density at radius 1 is 1.11 bits per heavy atom. The molecule has 1 rings (SSSR count). The second-order valence-electron chi connectivity index (χ2n) is 5.67. The first-order valence-electron chi connectivity index (χ1n) is 8.01. The number of aromatic nitrogens is 1. The molecule has 1 aromatic rings. The number of pyridine rings is 1. The highest BCUT2D eigenvalue weighted by Crippen LogP contribution is 2.35. The molecule has 0 saturated heterocycles. The van der Waals surface area contributed by atoms with Crippen LogP contribution in [0.15, 0.2) is 18.2 Å². The Hall–Kier alpha value is -2.46. The van der Waals surface area contributed by atoms with Crippen molar-refractivity contribution in [3.05, 3.63) is 23.9 Å². The second-order valence-corrected chi connectivity index (χ2v) is 5.67. The molecule has 0 aliphatic rings. The van der Waals surface area contributed by atoms with Crippen LogP contribution in [0.5, 0.6) is 5.88 Å². The number of likely N-dealkylation sites (N-methyl/N-ethyl adjacent to an activating group) is 1. The lowest BCUT2D eigenvalue weighted by molar-refractivity contribution is -0.290. The Bertz CT molecular complexity index is 676. The number of ether oxygens (including phenoxy) is 1. The van der Waals surface area contributed by atoms with Crippen molar-refractivity contribution in [2.45, 2.75) is 44.3 Å². The number of carbonyl (C=O) groups is 2. The van der Waals surface area contributed by atoms with E-state index in [0.29, 0.717) is 0 Å². The molecule has 11 heteroatoms. The molecule has 0 fully saturated rings. The third-order valence-corrected chi connectivity index (χ3v) is 3.99. The summed E-state index contributed by atoms with van der Waals surface area (Å²) in [6.07, 6.45) is -5.23. The number of nitrogens with one attached hydrogen (secondary N) is 2. The van der Waals surface area contributed by atoms with Crippen LogP contribution in [0, 0.1) is 0 Å². The summed E-state index contributed by atoms with van der Waals surface area (Å²) in [6.45, 7) is 1.40. The first kappa shape index (κ1) is 22.6. The third-order valence-electron chi connectivity index (χ3n) is 3.99. The molecule has 27 heavy (non-hydrogen) atoms. The summed E-state index contributed by atoms with van der Waals surface area (Å²) in [5, 5.41) is 4.96. The number of hydrogen-bond acceptors (Lipinski definition) is 4. The van der Waals surface area contributed by atoms with Crippen molar-refractivity contribution >= 4 is 11.8 Å². The zero-order valence-corrected chi connectivity index (χ0v) is 14.9. The molecule has 6 nitrogen and oxygen atoms in total. The van der Waals surface area contributed by atoms with Gasteiger partial charge in [-0.3, -0.25) is 9.59 Å². The van der Waals surface area contributed by atoms with Crippen molar-refractivity contribution < 1.29 is 36.3 Å². The molecule has 0 bridgehead atoms. The van der Waals surface area contributed by atoms with Gasteiger partial charge in [-0.05, 0) is 18.9 Å². The quantitative estimate of drug-likeness (QED) is 0.661. The number of nitrogens with zero attached hydrogens (tertiary/aromatic N) is 1. The van der Waals surface area contributed by atoms with Crippen LogP contribution in [-0.4, -0.2) is 48.1 Å². The first-order chi connectivity index (χ1) is 12.4. The van der Waals surface area contributed by atoms with Crippen LogP contribution in [0.1, 0.15) is 37.2 Å². The largest absolute Gasteiger partial charge is 0.471 e. The summed E-state index contributed by atoms with van der Waals surface area (Å²) in [7, 11) is 1.40. The number of amides is 2. The number of rotatable bonds is 8. The van der Waals surface area contributed by atoms with E-state index in [1.807, 2.05) is 0 Å². The zero-order chi connectivity index (χ0) is 20.9. The van der Waals surface area contributed by atoms with Crippen LogP contribution in [0.25, 0.3) is 0 Å². The predicted octanol–water partition coefficient (Wildman–Crippen LogP) is 2.69. The number of halogens is 5. The summed E-state index contributed by atoms with van der Waals surface area (Å²) in [4.78, 5) is 28.1. The third kappa shape index (κ3) is 5.27. The SMILES string of the molecule is CCC(CC)(NC(=O)c1cccc(OCC(F)(F)C(F)(F)F)n1)C(=O)NC. The predicted molar refractivity (Wildman–Crippen MR) is 85.6 cm³/mol. The van der Waals surface area contributed by atoms with E-state index in [0.717, 1.165) is 6.07 Å². The molecule has 1 aromatic heterocycles. The van der Waals surface area contributed by atoms with Crippen molar-refractivity contribution in [1.82, 2.24) is 15.6 Å². The lowest BCUT2D eigenvalue weighted by Crippen LogP contribution is -2.57. The minimum absolute atomic E-state index is 0.267. The molecule has 2 amide bonds. The topological polar surface area (TPSA) is 80.3 Å². The van der Waals surface area contributed by atoms with E-state index < -0.39 is 41.9 Å². The van der Waals surface area contributed by atoms with Crippen molar-refractivity contribution in [3.8, 4) is 5.88 Å². The lowest BCUT2D eigenvalue weighted by atomic mass is 9.91. The Morgan fingerprint density at radius 3 is 2.19 bits per heavy atom. The fourth-order valence-electron chi connectivity index (χ4n) is 2.19. The van der Waals surface area contributed by atoms with Gasteiger partial charge in [0.2, 0.25) is 11.8 Å². The van der Waals surface area contributed by atoms with E-state index in [2.05, 4.69) is 20.4 Å². The summed E-state index contributed by atoms with van der Waals surface area (Å²) in [5.74, 6) is -6.87. The lowest BCUT2D eigenvalue weighted by Gasteiger charge is -2.30. The van der Waals surface area contributed by atoms with Gasteiger partial charge in [-0.25, -0.2) is 4.98 Å². The highest BCUT2D eigenvalue weighted by molar-refractivity contribution is 5.98. The Labute approximate surface area is 152 Å². The average molecular weight is 397 g/mol.